The molecule has 66 heavy (non-hydrogen) atoms. The van der Waals surface area contributed by atoms with E-state index in [1.807, 2.05) is 0 Å². The average molecular weight is 867 g/mol. The fourth-order valence-corrected chi connectivity index (χ4v) is 11.9. The highest BCUT2D eigenvalue weighted by atomic mass is 28.2. The molecule has 0 saturated heterocycles. The quantitative estimate of drug-likeness (QED) is 0.147. The van der Waals surface area contributed by atoms with E-state index in [4.69, 9.17) is 0 Å². The maximum absolute atomic E-state index is 2.61. The maximum atomic E-state index is 2.61. The summed E-state index contributed by atoms with van der Waals surface area (Å²) in [7, 11) is -0.763. The van der Waals surface area contributed by atoms with Crippen LogP contribution in [0.25, 0.3) is 33.4 Å². The summed E-state index contributed by atoms with van der Waals surface area (Å²) in [6.45, 7) is 14.0. The van der Waals surface area contributed by atoms with Crippen molar-refractivity contribution in [2.45, 2.75) is 52.4 Å². The van der Waals surface area contributed by atoms with Crippen LogP contribution in [0.15, 0.2) is 212 Å². The first-order chi connectivity index (χ1) is 32.0. The first-order valence-electron chi connectivity index (χ1n) is 23.5. The Kier molecular flexibility index (Phi) is 10.3. The van der Waals surface area contributed by atoms with Gasteiger partial charge in [0, 0.05) is 34.0 Å². The van der Waals surface area contributed by atoms with Crippen LogP contribution in [-0.4, -0.2) is 16.2 Å². The zero-order valence-corrected chi connectivity index (χ0v) is 40.3. The predicted molar refractivity (Wildman–Crippen MR) is 288 cm³/mol. The van der Waals surface area contributed by atoms with Gasteiger partial charge in [-0.1, -0.05) is 222 Å². The Morgan fingerprint density at radius 2 is 0.909 bits per heavy atom. The number of anilines is 6. The van der Waals surface area contributed by atoms with Crippen LogP contribution in [0, 0.1) is 0 Å². The van der Waals surface area contributed by atoms with Gasteiger partial charge in [0.05, 0.1) is 15.2 Å². The molecule has 0 fully saturated rings. The third-order valence-electron chi connectivity index (χ3n) is 13.8. The molecule has 0 unspecified atom stereocenters. The summed E-state index contributed by atoms with van der Waals surface area (Å²) >= 11 is 0. The zero-order valence-electron chi connectivity index (χ0n) is 38.9. The van der Waals surface area contributed by atoms with Gasteiger partial charge in [-0.25, -0.2) is 0 Å². The van der Waals surface area contributed by atoms with Gasteiger partial charge in [-0.3, -0.25) is 0 Å². The van der Waals surface area contributed by atoms with Crippen LogP contribution in [0.1, 0.15) is 52.7 Å². The van der Waals surface area contributed by atoms with Gasteiger partial charge in [0.15, 0.2) is 0 Å². The Balaban J connectivity index is 1.27. The molecule has 2 nitrogen and oxygen atoms in total. The van der Waals surface area contributed by atoms with Crippen molar-refractivity contribution in [1.82, 2.24) is 0 Å². The van der Waals surface area contributed by atoms with E-state index in [2.05, 4.69) is 264 Å². The van der Waals surface area contributed by atoms with Crippen molar-refractivity contribution < 1.29 is 0 Å². The SMILES string of the molecule is CC(C)(C)c1cccc(N2c3cc(C(C)(C)C)ccc3B3c4cc([SiH2]c5ccccc5)ccc4N(c4ccccc4-c4ccccc4)c4cc(-c5ccccc5-c5ccccc5)cc2c43)c1. The highest BCUT2D eigenvalue weighted by Crippen LogP contribution is 2.49. The first-order valence-corrected chi connectivity index (χ1v) is 24.9. The summed E-state index contributed by atoms with van der Waals surface area (Å²) in [5.74, 6) is 0. The fourth-order valence-electron chi connectivity index (χ4n) is 10.4. The third kappa shape index (κ3) is 7.40. The van der Waals surface area contributed by atoms with Crippen molar-refractivity contribution >= 4 is 77.1 Å². The van der Waals surface area contributed by atoms with Crippen molar-refractivity contribution in [2.75, 3.05) is 9.80 Å². The molecule has 2 aliphatic heterocycles. The van der Waals surface area contributed by atoms with Crippen molar-refractivity contribution in [3.05, 3.63) is 223 Å². The lowest BCUT2D eigenvalue weighted by atomic mass is 9.33. The van der Waals surface area contributed by atoms with Crippen molar-refractivity contribution in [1.29, 1.82) is 0 Å². The molecule has 0 spiro atoms. The molecule has 0 aliphatic carbocycles. The lowest BCUT2D eigenvalue weighted by Crippen LogP contribution is -2.62. The molecular formula is C62H55BN2Si. The lowest BCUT2D eigenvalue weighted by molar-refractivity contribution is 0.590. The van der Waals surface area contributed by atoms with Crippen LogP contribution < -0.4 is 36.6 Å². The second-order valence-electron chi connectivity index (χ2n) is 20.2. The summed E-state index contributed by atoms with van der Waals surface area (Å²) in [6, 6.07) is 80.0. The van der Waals surface area contributed by atoms with E-state index in [1.54, 1.807) is 0 Å². The van der Waals surface area contributed by atoms with Crippen LogP contribution in [-0.2, 0) is 10.8 Å². The highest BCUT2D eigenvalue weighted by Gasteiger charge is 2.44. The standard InChI is InChI=1S/C62H55BN2Si/c1-61(2,3)45-25-20-26-47(39-45)64-57-40-46(62(4,5)6)33-35-53(57)63-54-41-49(66-48-27-14-9-15-28-48)34-36-56(54)65(55-32-19-18-31-52(55)43-23-12-8-13-24-43)59-38-44(37-58(64)60(59)63)51-30-17-16-29-50(51)42-21-10-7-11-22-42/h7-41H,66H2,1-6H3. The van der Waals surface area contributed by atoms with E-state index in [1.165, 1.54) is 105 Å². The van der Waals surface area contributed by atoms with Gasteiger partial charge in [0.1, 0.15) is 0 Å². The average Bonchev–Trinajstić information content (AvgIpc) is 3.34. The Labute approximate surface area is 394 Å². The van der Waals surface area contributed by atoms with Gasteiger partial charge in [0.2, 0.25) is 0 Å². The van der Waals surface area contributed by atoms with E-state index in [-0.39, 0.29) is 17.5 Å². The first kappa shape index (κ1) is 41.6. The van der Waals surface area contributed by atoms with Gasteiger partial charge >= 0.3 is 0 Å². The number of benzene rings is 9. The van der Waals surface area contributed by atoms with Crippen molar-refractivity contribution in [3.8, 4) is 33.4 Å². The van der Waals surface area contributed by atoms with Crippen LogP contribution in [0.3, 0.4) is 0 Å². The van der Waals surface area contributed by atoms with E-state index >= 15 is 0 Å². The van der Waals surface area contributed by atoms with Gasteiger partial charge in [-0.05, 0) is 109 Å². The molecule has 2 heterocycles. The van der Waals surface area contributed by atoms with E-state index in [0.717, 1.165) is 0 Å². The normalized spacial score (nSPS) is 13.2. The van der Waals surface area contributed by atoms with Crippen molar-refractivity contribution in [2.24, 2.45) is 0 Å². The molecule has 4 heteroatoms. The minimum absolute atomic E-state index is 0.000606. The summed E-state index contributed by atoms with van der Waals surface area (Å²) in [6.07, 6.45) is 0. The molecule has 0 atom stereocenters. The largest absolute Gasteiger partial charge is 0.311 e. The van der Waals surface area contributed by atoms with Crippen LogP contribution >= 0.6 is 0 Å². The van der Waals surface area contributed by atoms with E-state index in [0.29, 0.717) is 0 Å². The molecule has 0 aromatic heterocycles. The molecule has 320 valence electrons. The number of hydrogen-bond donors (Lipinski definition) is 0. The summed E-state index contributed by atoms with van der Waals surface area (Å²) in [5.41, 5.74) is 21.1. The Bertz CT molecular complexity index is 3260. The van der Waals surface area contributed by atoms with E-state index in [9.17, 15) is 0 Å². The number of fused-ring (bicyclic) bond motifs is 4. The van der Waals surface area contributed by atoms with Crippen LogP contribution in [0.2, 0.25) is 0 Å². The second-order valence-corrected chi connectivity index (χ2v) is 22.2. The minimum atomic E-state index is -0.763. The summed E-state index contributed by atoms with van der Waals surface area (Å²) in [5, 5.41) is 2.90. The molecule has 0 radical (unpaired) electrons. The molecule has 0 N–H and O–H groups in total. The molecule has 0 bridgehead atoms. The highest BCUT2D eigenvalue weighted by molar-refractivity contribution is 7.00. The predicted octanol–water partition coefficient (Wildman–Crippen LogP) is 12.5. The van der Waals surface area contributed by atoms with Crippen LogP contribution in [0.5, 0.6) is 0 Å². The fraction of sp³-hybridized carbons (Fsp3) is 0.129. The topological polar surface area (TPSA) is 6.48 Å². The van der Waals surface area contributed by atoms with Gasteiger partial charge in [-0.2, -0.15) is 0 Å². The summed E-state index contributed by atoms with van der Waals surface area (Å²) < 4.78 is 0. The Morgan fingerprint density at radius 3 is 1.58 bits per heavy atom. The van der Waals surface area contributed by atoms with Gasteiger partial charge in [0.25, 0.3) is 6.71 Å². The summed E-state index contributed by atoms with van der Waals surface area (Å²) in [4.78, 5) is 5.21. The smallest absolute Gasteiger partial charge is 0.252 e. The van der Waals surface area contributed by atoms with Gasteiger partial charge in [-0.15, -0.1) is 0 Å². The number of rotatable bonds is 7. The van der Waals surface area contributed by atoms with Crippen molar-refractivity contribution in [3.63, 3.8) is 0 Å². The Morgan fingerprint density at radius 1 is 0.348 bits per heavy atom. The molecular weight excluding hydrogens is 812 g/mol. The third-order valence-corrected chi connectivity index (χ3v) is 15.5. The number of nitrogens with zero attached hydrogens (tertiary/aromatic N) is 2. The molecule has 0 saturated carbocycles. The Hall–Kier alpha value is -7.14. The molecule has 2 aliphatic rings. The van der Waals surface area contributed by atoms with Crippen LogP contribution in [0.4, 0.5) is 34.1 Å². The lowest BCUT2D eigenvalue weighted by Gasteiger charge is -2.45. The molecule has 0 amide bonds. The monoisotopic (exact) mass is 866 g/mol. The maximum Gasteiger partial charge on any atom is 0.252 e. The zero-order chi connectivity index (χ0) is 45.2. The number of para-hydroxylation sites is 1. The molecule has 9 aromatic carbocycles. The van der Waals surface area contributed by atoms with E-state index < -0.39 is 9.52 Å². The minimum Gasteiger partial charge on any atom is -0.311 e. The van der Waals surface area contributed by atoms with Gasteiger partial charge < -0.3 is 9.80 Å². The molecule has 11 rings (SSSR count). The molecule has 9 aromatic rings. The number of hydrogen-bond acceptors (Lipinski definition) is 2. The second kappa shape index (κ2) is 16.4.